The van der Waals surface area contributed by atoms with E-state index in [2.05, 4.69) is 36.4 Å². The van der Waals surface area contributed by atoms with Crippen LogP contribution in [0.1, 0.15) is 19.4 Å². The van der Waals surface area contributed by atoms with E-state index in [1.165, 1.54) is 11.1 Å². The van der Waals surface area contributed by atoms with Gasteiger partial charge in [-0.15, -0.1) is 0 Å². The fourth-order valence-corrected chi connectivity index (χ4v) is 1.93. The average Bonchev–Trinajstić information content (AvgIpc) is 2.43. The van der Waals surface area contributed by atoms with Gasteiger partial charge in [-0.25, -0.2) is 4.98 Å². The van der Waals surface area contributed by atoms with Gasteiger partial charge in [0.2, 0.25) is 5.95 Å². The fraction of sp³-hybridized carbons (Fsp3) is 0.417. The minimum absolute atomic E-state index is 0.573. The van der Waals surface area contributed by atoms with Gasteiger partial charge >= 0.3 is 0 Å². The van der Waals surface area contributed by atoms with Gasteiger partial charge in [-0.3, -0.25) is 0 Å². The number of aryl methyl sites for hydroxylation is 1. The number of nitrogens with two attached hydrogens (primary N) is 1. The molecule has 0 saturated heterocycles. The van der Waals surface area contributed by atoms with Crippen LogP contribution in [0.3, 0.4) is 0 Å². The Morgan fingerprint density at radius 2 is 2.13 bits per heavy atom. The molecular weight excluding hydrogens is 186 g/mol. The van der Waals surface area contributed by atoms with Gasteiger partial charge in [-0.2, -0.15) is 0 Å². The lowest BCUT2D eigenvalue weighted by atomic mass is 10.2. The molecule has 0 bridgehead atoms. The highest BCUT2D eigenvalue weighted by atomic mass is 15.2. The number of para-hydroxylation sites is 1. The first kappa shape index (κ1) is 10.0. The highest BCUT2D eigenvalue weighted by Crippen LogP contribution is 2.22. The molecule has 0 radical (unpaired) electrons. The van der Waals surface area contributed by atoms with Gasteiger partial charge in [-0.05, 0) is 24.5 Å². The predicted molar refractivity (Wildman–Crippen MR) is 63.7 cm³/mol. The van der Waals surface area contributed by atoms with Gasteiger partial charge in [0, 0.05) is 6.54 Å². The Hall–Kier alpha value is -1.51. The third-order valence-electron chi connectivity index (χ3n) is 2.55. The second-order valence-corrected chi connectivity index (χ2v) is 4.42. The lowest BCUT2D eigenvalue weighted by Crippen LogP contribution is -2.08. The molecule has 0 fully saturated rings. The van der Waals surface area contributed by atoms with Gasteiger partial charge < -0.3 is 10.3 Å². The maximum atomic E-state index is 5.92. The smallest absolute Gasteiger partial charge is 0.201 e. The zero-order valence-corrected chi connectivity index (χ0v) is 9.49. The highest BCUT2D eigenvalue weighted by Gasteiger charge is 2.10. The molecule has 3 nitrogen and oxygen atoms in total. The second kappa shape index (κ2) is 3.57. The number of hydrogen-bond acceptors (Lipinski definition) is 2. The molecule has 2 N–H and O–H groups in total. The summed E-state index contributed by atoms with van der Waals surface area (Å²) in [5.74, 6) is 1.19. The summed E-state index contributed by atoms with van der Waals surface area (Å²) in [5.41, 5.74) is 9.32. The van der Waals surface area contributed by atoms with Gasteiger partial charge in [0.05, 0.1) is 11.0 Å². The minimum atomic E-state index is 0.573. The Morgan fingerprint density at radius 3 is 2.80 bits per heavy atom. The monoisotopic (exact) mass is 203 g/mol. The van der Waals surface area contributed by atoms with E-state index >= 15 is 0 Å². The normalized spacial score (nSPS) is 11.5. The summed E-state index contributed by atoms with van der Waals surface area (Å²) in [6.07, 6.45) is 0. The van der Waals surface area contributed by atoms with Crippen LogP contribution in [0, 0.1) is 12.8 Å². The van der Waals surface area contributed by atoms with Crippen LogP contribution in [0.25, 0.3) is 11.0 Å². The van der Waals surface area contributed by atoms with Crippen molar-refractivity contribution < 1.29 is 0 Å². The summed E-state index contributed by atoms with van der Waals surface area (Å²) in [6, 6.07) is 6.12. The molecule has 0 saturated carbocycles. The van der Waals surface area contributed by atoms with Crippen LogP contribution >= 0.6 is 0 Å². The molecule has 0 spiro atoms. The second-order valence-electron chi connectivity index (χ2n) is 4.42. The maximum Gasteiger partial charge on any atom is 0.201 e. The van der Waals surface area contributed by atoms with E-state index in [-0.39, 0.29) is 0 Å². The number of aromatic nitrogens is 2. The fourth-order valence-electron chi connectivity index (χ4n) is 1.93. The Balaban J connectivity index is 2.65. The predicted octanol–water partition coefficient (Wildman–Crippen LogP) is 2.58. The molecule has 2 rings (SSSR count). The Morgan fingerprint density at radius 1 is 1.40 bits per heavy atom. The van der Waals surface area contributed by atoms with Crippen molar-refractivity contribution >= 4 is 17.0 Å². The van der Waals surface area contributed by atoms with Gasteiger partial charge in [0.15, 0.2) is 0 Å². The van der Waals surface area contributed by atoms with Crippen LogP contribution < -0.4 is 5.73 Å². The molecule has 80 valence electrons. The van der Waals surface area contributed by atoms with E-state index in [1.54, 1.807) is 0 Å². The molecule has 0 aliphatic heterocycles. The third-order valence-corrected chi connectivity index (χ3v) is 2.55. The number of benzene rings is 1. The Labute approximate surface area is 89.9 Å². The molecule has 0 unspecified atom stereocenters. The van der Waals surface area contributed by atoms with Crippen LogP contribution in [-0.4, -0.2) is 9.55 Å². The molecule has 1 heterocycles. The van der Waals surface area contributed by atoms with E-state index in [0.29, 0.717) is 11.9 Å². The molecule has 0 amide bonds. The highest BCUT2D eigenvalue weighted by molar-refractivity contribution is 5.81. The van der Waals surface area contributed by atoms with Crippen molar-refractivity contribution in [3.05, 3.63) is 23.8 Å². The number of nitrogen functional groups attached to an aromatic ring is 1. The number of fused-ring (bicyclic) bond motifs is 1. The van der Waals surface area contributed by atoms with E-state index in [0.717, 1.165) is 12.1 Å². The van der Waals surface area contributed by atoms with Crippen molar-refractivity contribution in [3.63, 3.8) is 0 Å². The van der Waals surface area contributed by atoms with E-state index in [1.807, 2.05) is 12.1 Å². The van der Waals surface area contributed by atoms with Crippen LogP contribution in [0.4, 0.5) is 5.95 Å². The summed E-state index contributed by atoms with van der Waals surface area (Å²) in [7, 11) is 0. The van der Waals surface area contributed by atoms with Crippen molar-refractivity contribution in [1.82, 2.24) is 9.55 Å². The SMILES string of the molecule is Cc1cccc2nc(N)n(CC(C)C)c12. The maximum absolute atomic E-state index is 5.92. The number of rotatable bonds is 2. The average molecular weight is 203 g/mol. The zero-order valence-electron chi connectivity index (χ0n) is 9.49. The van der Waals surface area contributed by atoms with Crippen molar-refractivity contribution in [2.45, 2.75) is 27.3 Å². The lowest BCUT2D eigenvalue weighted by molar-refractivity contribution is 0.537. The van der Waals surface area contributed by atoms with Gasteiger partial charge in [0.1, 0.15) is 0 Å². The molecule has 0 aliphatic rings. The lowest BCUT2D eigenvalue weighted by Gasteiger charge is -2.10. The van der Waals surface area contributed by atoms with Crippen LogP contribution in [0.2, 0.25) is 0 Å². The number of hydrogen-bond donors (Lipinski definition) is 1. The quantitative estimate of drug-likeness (QED) is 0.815. The molecule has 2 aromatic rings. The molecule has 3 heteroatoms. The Bertz CT molecular complexity index is 483. The number of imidazole rings is 1. The van der Waals surface area contributed by atoms with Crippen molar-refractivity contribution in [1.29, 1.82) is 0 Å². The first-order valence-electron chi connectivity index (χ1n) is 5.31. The summed E-state index contributed by atoms with van der Waals surface area (Å²) in [5, 5.41) is 0. The molecule has 0 aliphatic carbocycles. The zero-order chi connectivity index (χ0) is 11.0. The van der Waals surface area contributed by atoms with Gasteiger partial charge in [0.25, 0.3) is 0 Å². The summed E-state index contributed by atoms with van der Waals surface area (Å²) in [6.45, 7) is 7.39. The summed E-state index contributed by atoms with van der Waals surface area (Å²) >= 11 is 0. The third kappa shape index (κ3) is 1.69. The molecule has 1 aromatic carbocycles. The first-order chi connectivity index (χ1) is 7.09. The standard InChI is InChI=1S/C12H17N3/c1-8(2)7-15-11-9(3)5-4-6-10(11)14-12(15)13/h4-6,8H,7H2,1-3H3,(H2,13,14). The van der Waals surface area contributed by atoms with Crippen LogP contribution in [0.5, 0.6) is 0 Å². The first-order valence-corrected chi connectivity index (χ1v) is 5.31. The van der Waals surface area contributed by atoms with Gasteiger partial charge in [-0.1, -0.05) is 26.0 Å². The van der Waals surface area contributed by atoms with Crippen molar-refractivity contribution in [3.8, 4) is 0 Å². The van der Waals surface area contributed by atoms with Crippen molar-refractivity contribution in [2.75, 3.05) is 5.73 Å². The van der Waals surface area contributed by atoms with Crippen molar-refractivity contribution in [2.24, 2.45) is 5.92 Å². The van der Waals surface area contributed by atoms with E-state index in [4.69, 9.17) is 5.73 Å². The minimum Gasteiger partial charge on any atom is -0.369 e. The topological polar surface area (TPSA) is 43.8 Å². The molecule has 15 heavy (non-hydrogen) atoms. The van der Waals surface area contributed by atoms with Crippen LogP contribution in [-0.2, 0) is 6.54 Å². The van der Waals surface area contributed by atoms with E-state index in [9.17, 15) is 0 Å². The molecule has 1 aromatic heterocycles. The Kier molecular flexibility index (Phi) is 2.39. The van der Waals surface area contributed by atoms with Crippen LogP contribution in [0.15, 0.2) is 18.2 Å². The molecule has 0 atom stereocenters. The van der Waals surface area contributed by atoms with E-state index < -0.39 is 0 Å². The summed E-state index contributed by atoms with van der Waals surface area (Å²) < 4.78 is 2.11. The largest absolute Gasteiger partial charge is 0.369 e. The number of nitrogens with zero attached hydrogens (tertiary/aromatic N) is 2. The summed E-state index contributed by atoms with van der Waals surface area (Å²) in [4.78, 5) is 4.37. The molecular formula is C12H17N3. The number of anilines is 1.